The number of rotatable bonds is 3. The molecule has 0 unspecified atom stereocenters. The maximum absolute atomic E-state index is 11.2. The predicted molar refractivity (Wildman–Crippen MR) is 65.0 cm³/mol. The number of nitrogens with zero attached hydrogens (tertiary/aromatic N) is 1. The molecule has 0 fully saturated rings. The van der Waals surface area contributed by atoms with Gasteiger partial charge in [-0.05, 0) is 12.1 Å². The third-order valence-corrected chi connectivity index (χ3v) is 3.62. The highest BCUT2D eigenvalue weighted by atomic mass is 32.2. The van der Waals surface area contributed by atoms with E-state index >= 15 is 0 Å². The van der Waals surface area contributed by atoms with Gasteiger partial charge < -0.3 is 5.11 Å². The minimum absolute atomic E-state index is 0.0656. The summed E-state index contributed by atoms with van der Waals surface area (Å²) in [6.45, 7) is 0. The molecule has 0 atom stereocenters. The minimum atomic E-state index is -3.53. The van der Waals surface area contributed by atoms with E-state index in [1.54, 1.807) is 12.1 Å². The summed E-state index contributed by atoms with van der Waals surface area (Å²) < 4.78 is 24.6. The Morgan fingerprint density at radius 1 is 1.53 bits per heavy atom. The maximum atomic E-state index is 11.2. The molecule has 0 amide bonds. The summed E-state index contributed by atoms with van der Waals surface area (Å²) >= 11 is 0.935. The van der Waals surface area contributed by atoms with Crippen LogP contribution in [0.15, 0.2) is 18.3 Å². The van der Waals surface area contributed by atoms with Crippen molar-refractivity contribution in [3.63, 3.8) is 0 Å². The summed E-state index contributed by atoms with van der Waals surface area (Å²) in [5.74, 6) is -1.18. The first kappa shape index (κ1) is 11.8. The van der Waals surface area contributed by atoms with Gasteiger partial charge in [-0.25, -0.2) is 18.2 Å². The summed E-state index contributed by atoms with van der Waals surface area (Å²) in [5.41, 5.74) is 0.0769. The van der Waals surface area contributed by atoms with E-state index in [-0.39, 0.29) is 10.6 Å². The Morgan fingerprint density at radius 2 is 2.24 bits per heavy atom. The third-order valence-electron chi connectivity index (χ3n) is 1.95. The molecule has 2 N–H and O–H groups in total. The molecular weight excluding hydrogens is 264 g/mol. The number of carboxylic acid groups (broad SMARTS) is 1. The lowest BCUT2D eigenvalue weighted by atomic mass is 10.3. The third kappa shape index (κ3) is 2.37. The highest BCUT2D eigenvalue weighted by Crippen LogP contribution is 2.34. The number of hydrogen-bond acceptors (Lipinski definition) is 5. The van der Waals surface area contributed by atoms with Crippen molar-refractivity contribution in [3.05, 3.63) is 23.2 Å². The van der Waals surface area contributed by atoms with Crippen LogP contribution in [0.4, 0.5) is 5.69 Å². The smallest absolute Gasteiger partial charge is 0.348 e. The largest absolute Gasteiger partial charge is 0.477 e. The number of aromatic nitrogens is 1. The van der Waals surface area contributed by atoms with E-state index in [0.717, 1.165) is 17.6 Å². The second-order valence-electron chi connectivity index (χ2n) is 3.34. The summed E-state index contributed by atoms with van der Waals surface area (Å²) in [6.07, 6.45) is 2.49. The Balaban J connectivity index is 2.72. The van der Waals surface area contributed by atoms with Gasteiger partial charge in [-0.1, -0.05) is 0 Å². The van der Waals surface area contributed by atoms with Gasteiger partial charge in [0.15, 0.2) is 0 Å². The molecule has 2 rings (SSSR count). The van der Waals surface area contributed by atoms with Gasteiger partial charge in [0.2, 0.25) is 10.0 Å². The second kappa shape index (κ2) is 3.97. The molecule has 0 aromatic carbocycles. The lowest BCUT2D eigenvalue weighted by Crippen LogP contribution is -2.11. The molecule has 0 radical (unpaired) electrons. The summed E-state index contributed by atoms with van der Waals surface area (Å²) in [5, 5.41) is 9.50. The minimum Gasteiger partial charge on any atom is -0.477 e. The number of anilines is 1. The van der Waals surface area contributed by atoms with Gasteiger partial charge in [-0.15, -0.1) is 11.3 Å². The van der Waals surface area contributed by atoms with Gasteiger partial charge in [0, 0.05) is 11.6 Å². The van der Waals surface area contributed by atoms with Crippen LogP contribution in [0, 0.1) is 0 Å². The van der Waals surface area contributed by atoms with E-state index in [1.807, 2.05) is 0 Å². The van der Waals surface area contributed by atoms with Crippen LogP contribution < -0.4 is 4.72 Å². The molecule has 0 aliphatic carbocycles. The van der Waals surface area contributed by atoms with E-state index in [9.17, 15) is 13.2 Å². The Morgan fingerprint density at radius 3 is 2.82 bits per heavy atom. The Bertz CT molecular complexity index is 690. The lowest BCUT2D eigenvalue weighted by molar-refractivity contribution is 0.0703. The molecule has 0 aliphatic rings. The first-order valence-corrected chi connectivity index (χ1v) is 7.18. The number of carbonyl (C=O) groups is 1. The molecule has 90 valence electrons. The molecule has 0 spiro atoms. The average Bonchev–Trinajstić information content (AvgIpc) is 2.55. The van der Waals surface area contributed by atoms with Gasteiger partial charge in [0.25, 0.3) is 0 Å². The van der Waals surface area contributed by atoms with Crippen LogP contribution in [-0.4, -0.2) is 30.7 Å². The highest BCUT2D eigenvalue weighted by Gasteiger charge is 2.20. The zero-order valence-electron chi connectivity index (χ0n) is 8.67. The van der Waals surface area contributed by atoms with Crippen molar-refractivity contribution in [2.75, 3.05) is 11.0 Å². The van der Waals surface area contributed by atoms with Crippen LogP contribution in [0.25, 0.3) is 10.2 Å². The fourth-order valence-electron chi connectivity index (χ4n) is 1.37. The van der Waals surface area contributed by atoms with Crippen molar-refractivity contribution in [3.8, 4) is 0 Å². The predicted octanol–water partition coefficient (Wildman–Crippen LogP) is 1.37. The van der Waals surface area contributed by atoms with Crippen molar-refractivity contribution in [2.45, 2.75) is 0 Å². The fraction of sp³-hybridized carbons (Fsp3) is 0.111. The van der Waals surface area contributed by atoms with Crippen LogP contribution in [0.3, 0.4) is 0 Å². The number of hydrogen-bond donors (Lipinski definition) is 2. The number of thiophene rings is 1. The summed E-state index contributed by atoms with van der Waals surface area (Å²) in [6, 6.07) is 3.24. The van der Waals surface area contributed by atoms with Gasteiger partial charge in [0.1, 0.15) is 9.71 Å². The van der Waals surface area contributed by atoms with Gasteiger partial charge in [0.05, 0.1) is 11.9 Å². The normalized spacial score (nSPS) is 11.6. The number of aromatic carboxylic acids is 1. The standard InChI is InChI=1S/C9H8N2O4S2/c1-17(14,15)11-6-5-3-2-4-10-8(5)16-7(6)9(12)13/h2-4,11H,1H3,(H,12,13). The molecule has 2 aromatic rings. The summed E-state index contributed by atoms with van der Waals surface area (Å²) in [7, 11) is -3.53. The number of pyridine rings is 1. The number of nitrogens with one attached hydrogen (secondary N) is 1. The van der Waals surface area contributed by atoms with Gasteiger partial charge >= 0.3 is 5.97 Å². The Hall–Kier alpha value is -1.67. The molecule has 0 bridgehead atoms. The van der Waals surface area contributed by atoms with E-state index in [0.29, 0.717) is 10.2 Å². The molecule has 0 aliphatic heterocycles. The highest BCUT2D eigenvalue weighted by molar-refractivity contribution is 7.92. The fourth-order valence-corrected chi connectivity index (χ4v) is 2.95. The topological polar surface area (TPSA) is 96.4 Å². The van der Waals surface area contributed by atoms with Crippen molar-refractivity contribution in [1.29, 1.82) is 0 Å². The second-order valence-corrected chi connectivity index (χ2v) is 6.09. The van der Waals surface area contributed by atoms with Crippen molar-refractivity contribution in [1.82, 2.24) is 4.98 Å². The van der Waals surface area contributed by atoms with Gasteiger partial charge in [-0.3, -0.25) is 4.72 Å². The Kier molecular flexibility index (Phi) is 2.76. The monoisotopic (exact) mass is 272 g/mol. The van der Waals surface area contributed by atoms with Crippen LogP contribution in [0.1, 0.15) is 9.67 Å². The molecule has 8 heteroatoms. The lowest BCUT2D eigenvalue weighted by Gasteiger charge is -2.03. The average molecular weight is 272 g/mol. The molecular formula is C9H8N2O4S2. The molecule has 6 nitrogen and oxygen atoms in total. The molecule has 0 saturated carbocycles. The Labute approximate surface area is 101 Å². The van der Waals surface area contributed by atoms with Crippen LogP contribution in [-0.2, 0) is 10.0 Å². The van der Waals surface area contributed by atoms with Crippen LogP contribution in [0.2, 0.25) is 0 Å². The maximum Gasteiger partial charge on any atom is 0.348 e. The van der Waals surface area contributed by atoms with E-state index < -0.39 is 16.0 Å². The number of carboxylic acids is 1. The van der Waals surface area contributed by atoms with Crippen molar-refractivity contribution in [2.24, 2.45) is 0 Å². The summed E-state index contributed by atoms with van der Waals surface area (Å²) in [4.78, 5) is 15.4. The quantitative estimate of drug-likeness (QED) is 0.879. The number of sulfonamides is 1. The van der Waals surface area contributed by atoms with Crippen LogP contribution >= 0.6 is 11.3 Å². The van der Waals surface area contributed by atoms with Gasteiger partial charge in [-0.2, -0.15) is 0 Å². The van der Waals surface area contributed by atoms with Crippen molar-refractivity contribution >= 4 is 43.2 Å². The van der Waals surface area contributed by atoms with Crippen LogP contribution in [0.5, 0.6) is 0 Å². The molecule has 0 saturated heterocycles. The van der Waals surface area contributed by atoms with E-state index in [4.69, 9.17) is 5.11 Å². The first-order valence-electron chi connectivity index (χ1n) is 4.47. The zero-order valence-corrected chi connectivity index (χ0v) is 10.3. The zero-order chi connectivity index (χ0) is 12.6. The van der Waals surface area contributed by atoms with E-state index in [1.165, 1.54) is 6.20 Å². The molecule has 2 heterocycles. The van der Waals surface area contributed by atoms with E-state index in [2.05, 4.69) is 9.71 Å². The molecule has 2 aromatic heterocycles. The first-order chi connectivity index (χ1) is 7.88. The SMILES string of the molecule is CS(=O)(=O)Nc1c(C(=O)O)sc2ncccc12. The molecule has 17 heavy (non-hydrogen) atoms. The van der Waals surface area contributed by atoms with Crippen molar-refractivity contribution < 1.29 is 18.3 Å². The number of fused-ring (bicyclic) bond motifs is 1.